The third-order valence-corrected chi connectivity index (χ3v) is 5.30. The minimum atomic E-state index is -0.993. The summed E-state index contributed by atoms with van der Waals surface area (Å²) in [5.74, 6) is -0.200. The highest BCUT2D eigenvalue weighted by molar-refractivity contribution is 7.98. The Balaban J connectivity index is 2.74. The van der Waals surface area contributed by atoms with Crippen LogP contribution in [0.2, 0.25) is 0 Å². The fraction of sp³-hybridized carbons (Fsp3) is 0.800. The SMILES string of the molecule is CSCC[C@H](NC(=O)[C@@H](N)CCSC)C(=O)N1CCC[C@@H]1C(=O)O. The van der Waals surface area contributed by atoms with Gasteiger partial charge < -0.3 is 21.1 Å². The van der Waals surface area contributed by atoms with Crippen molar-refractivity contribution in [2.24, 2.45) is 5.73 Å². The van der Waals surface area contributed by atoms with Crippen LogP contribution >= 0.6 is 23.5 Å². The Bertz CT molecular complexity index is 450. The smallest absolute Gasteiger partial charge is 0.326 e. The van der Waals surface area contributed by atoms with Gasteiger partial charge in [0, 0.05) is 6.54 Å². The van der Waals surface area contributed by atoms with Gasteiger partial charge in [-0.15, -0.1) is 0 Å². The molecule has 0 radical (unpaired) electrons. The maximum absolute atomic E-state index is 12.7. The van der Waals surface area contributed by atoms with Gasteiger partial charge in [0.05, 0.1) is 6.04 Å². The third kappa shape index (κ3) is 6.18. The molecular weight excluding hydrogens is 350 g/mol. The number of nitrogens with zero attached hydrogens (tertiary/aromatic N) is 1. The lowest BCUT2D eigenvalue weighted by atomic mass is 10.1. The average Bonchev–Trinajstić information content (AvgIpc) is 3.05. The summed E-state index contributed by atoms with van der Waals surface area (Å²) in [5, 5.41) is 12.0. The van der Waals surface area contributed by atoms with Crippen LogP contribution in [-0.2, 0) is 14.4 Å². The van der Waals surface area contributed by atoms with Crippen LogP contribution in [0.4, 0.5) is 0 Å². The van der Waals surface area contributed by atoms with Gasteiger partial charge in [0.1, 0.15) is 12.1 Å². The molecule has 9 heteroatoms. The van der Waals surface area contributed by atoms with E-state index in [4.69, 9.17) is 5.73 Å². The molecule has 7 nitrogen and oxygen atoms in total. The number of hydrogen-bond donors (Lipinski definition) is 3. The zero-order valence-corrected chi connectivity index (χ0v) is 15.8. The molecule has 0 spiro atoms. The Kier molecular flexibility index (Phi) is 9.53. The molecule has 1 fully saturated rings. The van der Waals surface area contributed by atoms with Crippen molar-refractivity contribution in [3.63, 3.8) is 0 Å². The second-order valence-corrected chi connectivity index (χ2v) is 7.73. The first-order chi connectivity index (χ1) is 11.4. The lowest BCUT2D eigenvalue weighted by Gasteiger charge is -2.28. The fourth-order valence-electron chi connectivity index (χ4n) is 2.64. The van der Waals surface area contributed by atoms with Crippen LogP contribution in [0.5, 0.6) is 0 Å². The summed E-state index contributed by atoms with van der Waals surface area (Å²) in [5.41, 5.74) is 5.86. The number of thioether (sulfide) groups is 2. The Labute approximate surface area is 151 Å². The van der Waals surface area contributed by atoms with E-state index in [1.165, 1.54) is 4.90 Å². The summed E-state index contributed by atoms with van der Waals surface area (Å²) in [4.78, 5) is 37.6. The van der Waals surface area contributed by atoms with Gasteiger partial charge in [-0.2, -0.15) is 23.5 Å². The topological polar surface area (TPSA) is 113 Å². The van der Waals surface area contributed by atoms with Gasteiger partial charge >= 0.3 is 5.97 Å². The van der Waals surface area contributed by atoms with Crippen molar-refractivity contribution >= 4 is 41.3 Å². The second-order valence-electron chi connectivity index (χ2n) is 5.76. The Hall–Kier alpha value is -0.930. The van der Waals surface area contributed by atoms with Crippen molar-refractivity contribution in [2.75, 3.05) is 30.6 Å². The van der Waals surface area contributed by atoms with Gasteiger partial charge in [0.2, 0.25) is 11.8 Å². The molecule has 0 saturated carbocycles. The molecule has 1 rings (SSSR count). The summed E-state index contributed by atoms with van der Waals surface area (Å²) < 4.78 is 0. The van der Waals surface area contributed by atoms with Crippen molar-refractivity contribution in [3.8, 4) is 0 Å². The molecule has 4 N–H and O–H groups in total. The molecular formula is C15H27N3O4S2. The molecule has 0 bridgehead atoms. The third-order valence-electron chi connectivity index (χ3n) is 4.02. The molecule has 138 valence electrons. The lowest BCUT2D eigenvalue weighted by molar-refractivity contribution is -0.149. The Morgan fingerprint density at radius 2 is 1.88 bits per heavy atom. The monoisotopic (exact) mass is 377 g/mol. The number of carbonyl (C=O) groups excluding carboxylic acids is 2. The molecule has 1 aliphatic rings. The molecule has 0 aliphatic carbocycles. The van der Waals surface area contributed by atoms with Crippen molar-refractivity contribution in [1.29, 1.82) is 0 Å². The highest BCUT2D eigenvalue weighted by Gasteiger charge is 2.37. The predicted molar refractivity (Wildman–Crippen MR) is 98.3 cm³/mol. The number of rotatable bonds is 10. The Morgan fingerprint density at radius 3 is 2.46 bits per heavy atom. The highest BCUT2D eigenvalue weighted by Crippen LogP contribution is 2.19. The number of carboxylic acid groups (broad SMARTS) is 1. The first-order valence-corrected chi connectivity index (χ1v) is 10.8. The predicted octanol–water partition coefficient (Wildman–Crippen LogP) is 0.380. The number of likely N-dealkylation sites (tertiary alicyclic amines) is 1. The van der Waals surface area contributed by atoms with Crippen LogP contribution in [0, 0.1) is 0 Å². The quantitative estimate of drug-likeness (QED) is 0.504. The van der Waals surface area contributed by atoms with Gasteiger partial charge in [-0.05, 0) is 49.7 Å². The molecule has 0 unspecified atom stereocenters. The summed E-state index contributed by atoms with van der Waals surface area (Å²) in [6.07, 6.45) is 5.98. The van der Waals surface area contributed by atoms with E-state index >= 15 is 0 Å². The number of carboxylic acids is 1. The summed E-state index contributed by atoms with van der Waals surface area (Å²) >= 11 is 3.18. The van der Waals surface area contributed by atoms with Crippen LogP contribution in [0.3, 0.4) is 0 Å². The Morgan fingerprint density at radius 1 is 1.25 bits per heavy atom. The van der Waals surface area contributed by atoms with E-state index in [0.29, 0.717) is 38.0 Å². The standard InChI is InChI=1S/C15H27N3O4S2/c1-23-8-5-10(16)13(19)17-11(6-9-24-2)14(20)18-7-3-4-12(18)15(21)22/h10-12H,3-9,16H2,1-2H3,(H,17,19)(H,21,22)/t10-,11-,12+/m0/s1. The van der Waals surface area contributed by atoms with Gasteiger partial charge in [0.15, 0.2) is 0 Å². The number of amides is 2. The maximum Gasteiger partial charge on any atom is 0.326 e. The fourth-order valence-corrected chi connectivity index (χ4v) is 3.60. The molecule has 1 heterocycles. The molecule has 0 aromatic heterocycles. The first-order valence-electron chi connectivity index (χ1n) is 7.99. The number of nitrogens with one attached hydrogen (secondary N) is 1. The van der Waals surface area contributed by atoms with E-state index in [0.717, 1.165) is 5.75 Å². The summed E-state index contributed by atoms with van der Waals surface area (Å²) in [6.45, 7) is 0.417. The number of aliphatic carboxylic acids is 1. The highest BCUT2D eigenvalue weighted by atomic mass is 32.2. The van der Waals surface area contributed by atoms with E-state index in [9.17, 15) is 19.5 Å². The molecule has 2 amide bonds. The molecule has 3 atom stereocenters. The second kappa shape index (κ2) is 10.8. The van der Waals surface area contributed by atoms with E-state index in [1.54, 1.807) is 23.5 Å². The minimum Gasteiger partial charge on any atom is -0.480 e. The largest absolute Gasteiger partial charge is 0.480 e. The van der Waals surface area contributed by atoms with E-state index in [2.05, 4.69) is 5.32 Å². The van der Waals surface area contributed by atoms with Crippen molar-refractivity contribution in [1.82, 2.24) is 10.2 Å². The van der Waals surface area contributed by atoms with Gasteiger partial charge in [-0.3, -0.25) is 9.59 Å². The number of nitrogens with two attached hydrogens (primary N) is 1. The maximum atomic E-state index is 12.7. The van der Waals surface area contributed by atoms with E-state index in [1.807, 2.05) is 12.5 Å². The van der Waals surface area contributed by atoms with E-state index in [-0.39, 0.29) is 11.8 Å². The van der Waals surface area contributed by atoms with Crippen LogP contribution in [0.25, 0.3) is 0 Å². The summed E-state index contributed by atoms with van der Waals surface area (Å²) in [6, 6.07) is -2.17. The molecule has 0 aromatic rings. The van der Waals surface area contributed by atoms with Gasteiger partial charge in [0.25, 0.3) is 0 Å². The molecule has 1 saturated heterocycles. The average molecular weight is 378 g/mol. The molecule has 0 aromatic carbocycles. The van der Waals surface area contributed by atoms with Crippen molar-refractivity contribution in [2.45, 2.75) is 43.8 Å². The van der Waals surface area contributed by atoms with Crippen LogP contribution < -0.4 is 11.1 Å². The van der Waals surface area contributed by atoms with Crippen LogP contribution in [0.1, 0.15) is 25.7 Å². The number of carbonyl (C=O) groups is 3. The lowest BCUT2D eigenvalue weighted by Crippen LogP contribution is -2.54. The van der Waals surface area contributed by atoms with Gasteiger partial charge in [-0.25, -0.2) is 4.79 Å². The van der Waals surface area contributed by atoms with E-state index < -0.39 is 24.1 Å². The zero-order valence-electron chi connectivity index (χ0n) is 14.2. The number of hydrogen-bond acceptors (Lipinski definition) is 6. The first kappa shape index (κ1) is 21.1. The normalized spacial score (nSPS) is 19.8. The van der Waals surface area contributed by atoms with Gasteiger partial charge in [-0.1, -0.05) is 0 Å². The molecule has 1 aliphatic heterocycles. The van der Waals surface area contributed by atoms with Crippen LogP contribution in [-0.4, -0.2) is 76.5 Å². The van der Waals surface area contributed by atoms with Crippen molar-refractivity contribution in [3.05, 3.63) is 0 Å². The van der Waals surface area contributed by atoms with Crippen molar-refractivity contribution < 1.29 is 19.5 Å². The van der Waals surface area contributed by atoms with Crippen LogP contribution in [0.15, 0.2) is 0 Å². The molecule has 24 heavy (non-hydrogen) atoms. The minimum absolute atomic E-state index is 0.320. The zero-order chi connectivity index (χ0) is 18.1. The summed E-state index contributed by atoms with van der Waals surface area (Å²) in [7, 11) is 0.